The predicted molar refractivity (Wildman–Crippen MR) is 127 cm³/mol. The van der Waals surface area contributed by atoms with Gasteiger partial charge in [-0.05, 0) is 37.6 Å². The van der Waals surface area contributed by atoms with Crippen LogP contribution in [0.1, 0.15) is 31.0 Å². The number of carbonyl (C=O) groups excluding carboxylic acids is 2. The van der Waals surface area contributed by atoms with Gasteiger partial charge in [0.25, 0.3) is 11.5 Å². The number of nitrogens with zero attached hydrogens (tertiary/aromatic N) is 2. The number of nitrogens with one attached hydrogen (secondary N) is 1. The van der Waals surface area contributed by atoms with Crippen LogP contribution in [0.2, 0.25) is 0 Å². The van der Waals surface area contributed by atoms with Crippen LogP contribution in [0.3, 0.4) is 0 Å². The van der Waals surface area contributed by atoms with Gasteiger partial charge in [-0.2, -0.15) is 0 Å². The highest BCUT2D eigenvalue weighted by molar-refractivity contribution is 7.07. The van der Waals surface area contributed by atoms with Gasteiger partial charge < -0.3 is 14.8 Å². The van der Waals surface area contributed by atoms with Crippen LogP contribution in [0.4, 0.5) is 5.69 Å². The number of para-hydroxylation sites is 1. The molecule has 1 aromatic heterocycles. The van der Waals surface area contributed by atoms with Crippen LogP contribution in [0, 0.1) is 0 Å². The molecule has 3 heterocycles. The quantitative estimate of drug-likeness (QED) is 0.583. The number of methoxy groups -OCH3 is 1. The molecule has 1 N–H and O–H groups in total. The van der Waals surface area contributed by atoms with E-state index >= 15 is 0 Å². The van der Waals surface area contributed by atoms with Crippen LogP contribution >= 0.6 is 11.3 Å². The average Bonchev–Trinajstić information content (AvgIpc) is 3.33. The standard InChI is InChI=1S/C25H21N3O5S/c1-4-33-24(31)18-13(2)26-25-28(20(18)14-9-11-15(32-3)12-10-14)23(30)21(34-25)19-16-7-5-6-8-17(16)27-22(19)29/h5-12,20H,4H2,1-3H3,(H,27,29)/b21-19-/t20-/m0/s1. The number of aromatic nitrogens is 1. The maximum atomic E-state index is 13.8. The number of amides is 1. The smallest absolute Gasteiger partial charge is 0.338 e. The van der Waals surface area contributed by atoms with Crippen LogP contribution in [0.5, 0.6) is 5.75 Å². The maximum Gasteiger partial charge on any atom is 0.338 e. The lowest BCUT2D eigenvalue weighted by molar-refractivity contribution is -0.139. The van der Waals surface area contributed by atoms with E-state index in [1.54, 1.807) is 57.4 Å². The molecule has 0 radical (unpaired) electrons. The number of anilines is 1. The van der Waals surface area contributed by atoms with Gasteiger partial charge in [0.15, 0.2) is 4.80 Å². The Hall–Kier alpha value is -3.98. The van der Waals surface area contributed by atoms with Crippen molar-refractivity contribution in [2.75, 3.05) is 19.0 Å². The molecule has 0 unspecified atom stereocenters. The molecule has 2 aliphatic rings. The molecule has 34 heavy (non-hydrogen) atoms. The molecule has 3 aromatic rings. The van der Waals surface area contributed by atoms with Crippen LogP contribution in [-0.2, 0) is 14.3 Å². The first-order valence-electron chi connectivity index (χ1n) is 10.7. The fourth-order valence-electron chi connectivity index (χ4n) is 4.29. The predicted octanol–water partition coefficient (Wildman–Crippen LogP) is 2.13. The Bertz CT molecular complexity index is 1550. The van der Waals surface area contributed by atoms with Gasteiger partial charge in [-0.1, -0.05) is 41.7 Å². The number of esters is 1. The van der Waals surface area contributed by atoms with E-state index in [2.05, 4.69) is 10.3 Å². The second-order valence-electron chi connectivity index (χ2n) is 7.77. The molecule has 0 fully saturated rings. The Labute approximate surface area is 198 Å². The maximum absolute atomic E-state index is 13.8. The van der Waals surface area contributed by atoms with Gasteiger partial charge in [0, 0.05) is 11.3 Å². The summed E-state index contributed by atoms with van der Waals surface area (Å²) in [5.41, 5.74) is 2.70. The Morgan fingerprint density at radius 1 is 1.15 bits per heavy atom. The highest BCUT2D eigenvalue weighted by Crippen LogP contribution is 2.32. The van der Waals surface area contributed by atoms with Crippen molar-refractivity contribution in [2.24, 2.45) is 4.99 Å². The monoisotopic (exact) mass is 475 g/mol. The van der Waals surface area contributed by atoms with Crippen molar-refractivity contribution in [1.29, 1.82) is 0 Å². The summed E-state index contributed by atoms with van der Waals surface area (Å²) in [6.45, 7) is 3.64. The second-order valence-corrected chi connectivity index (χ2v) is 8.75. The highest BCUT2D eigenvalue weighted by atomic mass is 32.1. The van der Waals surface area contributed by atoms with E-state index in [9.17, 15) is 14.4 Å². The topological polar surface area (TPSA) is 99.0 Å². The minimum atomic E-state index is -0.754. The molecule has 0 bridgehead atoms. The zero-order valence-corrected chi connectivity index (χ0v) is 19.6. The second kappa shape index (κ2) is 8.42. The molecule has 0 aliphatic carbocycles. The average molecular weight is 476 g/mol. The van der Waals surface area contributed by atoms with E-state index in [1.165, 1.54) is 4.57 Å². The number of thiazole rings is 1. The van der Waals surface area contributed by atoms with Gasteiger partial charge in [-0.15, -0.1) is 0 Å². The summed E-state index contributed by atoms with van der Waals surface area (Å²) in [6, 6.07) is 13.6. The number of benzene rings is 2. The molecule has 172 valence electrons. The van der Waals surface area contributed by atoms with E-state index in [4.69, 9.17) is 9.47 Å². The van der Waals surface area contributed by atoms with E-state index in [0.717, 1.165) is 11.3 Å². The molecule has 0 spiro atoms. The van der Waals surface area contributed by atoms with Gasteiger partial charge in [0.1, 0.15) is 10.3 Å². The van der Waals surface area contributed by atoms with Crippen LogP contribution < -0.4 is 24.9 Å². The third-order valence-corrected chi connectivity index (χ3v) is 6.88. The third kappa shape index (κ3) is 3.36. The Balaban J connectivity index is 1.80. The van der Waals surface area contributed by atoms with Crippen molar-refractivity contribution in [2.45, 2.75) is 19.9 Å². The van der Waals surface area contributed by atoms with Gasteiger partial charge in [-0.25, -0.2) is 9.79 Å². The molecule has 1 amide bonds. The summed E-state index contributed by atoms with van der Waals surface area (Å²) < 4.78 is 12.3. The number of rotatable bonds is 4. The molecule has 0 saturated carbocycles. The van der Waals surface area contributed by atoms with Gasteiger partial charge in [-0.3, -0.25) is 14.2 Å². The summed E-state index contributed by atoms with van der Waals surface area (Å²) in [5.74, 6) is -0.226. The summed E-state index contributed by atoms with van der Waals surface area (Å²) in [7, 11) is 1.57. The van der Waals surface area contributed by atoms with E-state index < -0.39 is 12.0 Å². The van der Waals surface area contributed by atoms with Crippen molar-refractivity contribution >= 4 is 34.5 Å². The van der Waals surface area contributed by atoms with Crippen LogP contribution in [-0.4, -0.2) is 30.2 Å². The summed E-state index contributed by atoms with van der Waals surface area (Å²) in [6.07, 6.45) is 0. The molecule has 9 heteroatoms. The molecular formula is C25H21N3O5S. The summed E-state index contributed by atoms with van der Waals surface area (Å²) in [4.78, 5) is 44.6. The number of hydrogen-bond donors (Lipinski definition) is 1. The summed E-state index contributed by atoms with van der Waals surface area (Å²) >= 11 is 1.14. The first-order chi connectivity index (χ1) is 16.4. The normalized spacial score (nSPS) is 18.1. The SMILES string of the molecule is CCOC(=O)C1=C(C)N=c2s/c(=C3\C(=O)Nc4ccccc43)c(=O)n2[C@H]1c1ccc(OC)cc1. The third-order valence-electron chi connectivity index (χ3n) is 5.82. The van der Waals surface area contributed by atoms with Crippen molar-refractivity contribution in [3.8, 4) is 5.75 Å². The zero-order chi connectivity index (χ0) is 24.0. The first-order valence-corrected chi connectivity index (χ1v) is 11.5. The van der Waals surface area contributed by atoms with Gasteiger partial charge >= 0.3 is 5.97 Å². The molecule has 1 atom stereocenters. The number of allylic oxidation sites excluding steroid dienone is 1. The van der Waals surface area contributed by atoms with Crippen LogP contribution in [0.25, 0.3) is 5.57 Å². The molecule has 5 rings (SSSR count). The van der Waals surface area contributed by atoms with Crippen LogP contribution in [0.15, 0.2) is 69.6 Å². The minimum absolute atomic E-state index is 0.191. The lowest BCUT2D eigenvalue weighted by Gasteiger charge is -2.24. The Morgan fingerprint density at radius 3 is 2.59 bits per heavy atom. The fourth-order valence-corrected chi connectivity index (χ4v) is 5.43. The Morgan fingerprint density at radius 2 is 1.88 bits per heavy atom. The number of hydrogen-bond acceptors (Lipinski definition) is 7. The first kappa shape index (κ1) is 21.8. The Kier molecular flexibility index (Phi) is 5.41. The van der Waals surface area contributed by atoms with Crippen molar-refractivity contribution in [3.63, 3.8) is 0 Å². The lowest BCUT2D eigenvalue weighted by atomic mass is 9.96. The lowest BCUT2D eigenvalue weighted by Crippen LogP contribution is -2.40. The van der Waals surface area contributed by atoms with E-state index in [-0.39, 0.29) is 28.2 Å². The van der Waals surface area contributed by atoms with Gasteiger partial charge in [0.2, 0.25) is 0 Å². The highest BCUT2D eigenvalue weighted by Gasteiger charge is 2.35. The zero-order valence-electron chi connectivity index (χ0n) is 18.7. The van der Waals surface area contributed by atoms with Crippen molar-refractivity contribution < 1.29 is 19.1 Å². The largest absolute Gasteiger partial charge is 0.497 e. The molecule has 2 aliphatic heterocycles. The molecule has 8 nitrogen and oxygen atoms in total. The minimum Gasteiger partial charge on any atom is -0.497 e. The molecule has 0 saturated heterocycles. The number of carbonyl (C=O) groups is 2. The number of fused-ring (bicyclic) bond motifs is 2. The fraction of sp³-hybridized carbons (Fsp3) is 0.200. The molecular weight excluding hydrogens is 454 g/mol. The van der Waals surface area contributed by atoms with Crippen molar-refractivity contribution in [3.05, 3.63) is 90.6 Å². The van der Waals surface area contributed by atoms with Crippen molar-refractivity contribution in [1.82, 2.24) is 4.57 Å². The number of ether oxygens (including phenoxy) is 2. The molecule has 2 aromatic carbocycles. The summed E-state index contributed by atoms with van der Waals surface area (Å²) in [5, 5.41) is 2.82. The van der Waals surface area contributed by atoms with E-state index in [1.807, 2.05) is 12.1 Å². The van der Waals surface area contributed by atoms with E-state index in [0.29, 0.717) is 38.6 Å². The van der Waals surface area contributed by atoms with Gasteiger partial charge in [0.05, 0.1) is 36.6 Å².